The Hall–Kier alpha value is -2.12. The number of halogens is 3. The van der Waals surface area contributed by atoms with Crippen LogP contribution < -0.4 is 0 Å². The van der Waals surface area contributed by atoms with Crippen LogP contribution in [-0.2, 0) is 11.0 Å². The summed E-state index contributed by atoms with van der Waals surface area (Å²) in [6.07, 6.45) is -0.921. The van der Waals surface area contributed by atoms with Gasteiger partial charge in [0.2, 0.25) is 0 Å². The molecule has 126 valence electrons. The molecule has 1 fully saturated rings. The highest BCUT2D eigenvalue weighted by atomic mass is 19.4. The molecule has 0 saturated carbocycles. The zero-order valence-corrected chi connectivity index (χ0v) is 12.3. The summed E-state index contributed by atoms with van der Waals surface area (Å²) in [6, 6.07) is 1.69. The Bertz CT molecular complexity index is 572. The lowest BCUT2D eigenvalue weighted by molar-refractivity contribution is -0.141. The maximum atomic E-state index is 12.5. The molecule has 0 unspecified atom stereocenters. The molecule has 1 amide bonds. The van der Waals surface area contributed by atoms with E-state index in [1.165, 1.54) is 0 Å². The topological polar surface area (TPSA) is 70.5 Å². The van der Waals surface area contributed by atoms with Gasteiger partial charge in [0, 0.05) is 25.2 Å². The molecular formula is C15H17F3N2O3. The first-order valence-corrected chi connectivity index (χ1v) is 7.35. The molecule has 0 radical (unpaired) electrons. The van der Waals surface area contributed by atoms with Crippen molar-refractivity contribution < 1.29 is 27.9 Å². The van der Waals surface area contributed by atoms with Crippen molar-refractivity contribution >= 4 is 11.9 Å². The molecule has 2 rings (SSSR count). The lowest BCUT2D eigenvalue weighted by Gasteiger charge is -2.35. The first-order valence-electron chi connectivity index (χ1n) is 7.35. The predicted octanol–water partition coefficient (Wildman–Crippen LogP) is 2.96. The average molecular weight is 330 g/mol. The molecule has 1 N–H and O–H groups in total. The highest BCUT2D eigenvalue weighted by molar-refractivity contribution is 5.94. The lowest BCUT2D eigenvalue weighted by atomic mass is 9.97. The van der Waals surface area contributed by atoms with Gasteiger partial charge in [-0.1, -0.05) is 0 Å². The second-order valence-electron chi connectivity index (χ2n) is 5.51. The lowest BCUT2D eigenvalue weighted by Crippen LogP contribution is -2.44. The van der Waals surface area contributed by atoms with Crippen molar-refractivity contribution in [3.8, 4) is 0 Å². The van der Waals surface area contributed by atoms with Crippen LogP contribution in [0.25, 0.3) is 0 Å². The maximum absolute atomic E-state index is 12.5. The van der Waals surface area contributed by atoms with Crippen molar-refractivity contribution in [3.05, 3.63) is 29.6 Å². The molecule has 8 heteroatoms. The molecule has 0 spiro atoms. The van der Waals surface area contributed by atoms with E-state index >= 15 is 0 Å². The van der Waals surface area contributed by atoms with Crippen LogP contribution in [0.2, 0.25) is 0 Å². The van der Waals surface area contributed by atoms with Gasteiger partial charge in [-0.3, -0.25) is 14.6 Å². The molecule has 5 nitrogen and oxygen atoms in total. The highest BCUT2D eigenvalue weighted by Crippen LogP contribution is 2.28. The Labute approximate surface area is 131 Å². The molecule has 0 aromatic carbocycles. The number of nitrogens with zero attached hydrogens (tertiary/aromatic N) is 2. The molecule has 23 heavy (non-hydrogen) atoms. The molecular weight excluding hydrogens is 313 g/mol. The molecule has 1 aliphatic rings. The van der Waals surface area contributed by atoms with Crippen LogP contribution in [0.1, 0.15) is 48.2 Å². The molecule has 0 bridgehead atoms. The average Bonchev–Trinajstić information content (AvgIpc) is 2.52. The fourth-order valence-electron chi connectivity index (χ4n) is 2.71. The van der Waals surface area contributed by atoms with E-state index in [-0.39, 0.29) is 18.0 Å². The second-order valence-corrected chi connectivity index (χ2v) is 5.51. The molecule has 2 heterocycles. The minimum Gasteiger partial charge on any atom is -0.481 e. The third kappa shape index (κ3) is 4.43. The largest absolute Gasteiger partial charge is 0.481 e. The summed E-state index contributed by atoms with van der Waals surface area (Å²) in [7, 11) is 0. The van der Waals surface area contributed by atoms with Gasteiger partial charge in [0.05, 0.1) is 5.56 Å². The first kappa shape index (κ1) is 17.2. The summed E-state index contributed by atoms with van der Waals surface area (Å²) in [6.45, 7) is 0.476. The Balaban J connectivity index is 2.11. The van der Waals surface area contributed by atoms with Crippen LogP contribution in [0.5, 0.6) is 0 Å². The van der Waals surface area contributed by atoms with E-state index in [4.69, 9.17) is 5.11 Å². The van der Waals surface area contributed by atoms with Crippen molar-refractivity contribution in [3.63, 3.8) is 0 Å². The fraction of sp³-hybridized carbons (Fsp3) is 0.533. The molecule has 0 aliphatic carbocycles. The SMILES string of the molecule is O=C(O)CC[C@H]1CCCCN1C(=O)c1ccc(C(F)(F)F)nc1. The summed E-state index contributed by atoms with van der Waals surface area (Å²) in [5.41, 5.74) is -0.963. The van der Waals surface area contributed by atoms with E-state index in [0.717, 1.165) is 31.2 Å². The quantitative estimate of drug-likeness (QED) is 0.921. The summed E-state index contributed by atoms with van der Waals surface area (Å²) in [4.78, 5) is 28.0. The maximum Gasteiger partial charge on any atom is 0.433 e. The van der Waals surface area contributed by atoms with E-state index < -0.39 is 23.7 Å². The van der Waals surface area contributed by atoms with Gasteiger partial charge in [-0.25, -0.2) is 0 Å². The van der Waals surface area contributed by atoms with Crippen molar-refractivity contribution in [1.82, 2.24) is 9.88 Å². The van der Waals surface area contributed by atoms with E-state index in [9.17, 15) is 22.8 Å². The minimum atomic E-state index is -4.54. The number of rotatable bonds is 4. The highest BCUT2D eigenvalue weighted by Gasteiger charge is 2.33. The Kier molecular flexibility index (Phi) is 5.23. The van der Waals surface area contributed by atoms with Gasteiger partial charge in [-0.05, 0) is 37.8 Å². The third-order valence-corrected chi connectivity index (χ3v) is 3.88. The molecule has 1 saturated heterocycles. The molecule has 1 aromatic heterocycles. The van der Waals surface area contributed by atoms with Crippen LogP contribution in [0.3, 0.4) is 0 Å². The van der Waals surface area contributed by atoms with Gasteiger partial charge in [-0.15, -0.1) is 0 Å². The number of aliphatic carboxylic acids is 1. The van der Waals surface area contributed by atoms with Crippen molar-refractivity contribution in [2.45, 2.75) is 44.3 Å². The van der Waals surface area contributed by atoms with Crippen LogP contribution in [0.4, 0.5) is 13.2 Å². The van der Waals surface area contributed by atoms with Gasteiger partial charge in [0.15, 0.2) is 0 Å². The number of carboxylic acid groups (broad SMARTS) is 1. The number of alkyl halides is 3. The Morgan fingerprint density at radius 3 is 2.61 bits per heavy atom. The first-order chi connectivity index (χ1) is 10.8. The number of pyridine rings is 1. The van der Waals surface area contributed by atoms with Gasteiger partial charge in [0.1, 0.15) is 5.69 Å². The number of piperidine rings is 1. The second kappa shape index (κ2) is 6.97. The van der Waals surface area contributed by atoms with Gasteiger partial charge in [0.25, 0.3) is 5.91 Å². The molecule has 1 atom stereocenters. The van der Waals surface area contributed by atoms with Crippen molar-refractivity contribution in [2.75, 3.05) is 6.54 Å². The standard InChI is InChI=1S/C15H17F3N2O3/c16-15(17,18)12-6-4-10(9-19-12)14(23)20-8-2-1-3-11(20)5-7-13(21)22/h4,6,9,11H,1-3,5,7-8H2,(H,21,22)/t11-/m1/s1. The number of hydrogen-bond acceptors (Lipinski definition) is 3. The van der Waals surface area contributed by atoms with E-state index in [1.54, 1.807) is 4.90 Å². The van der Waals surface area contributed by atoms with Gasteiger partial charge < -0.3 is 10.0 Å². The Morgan fingerprint density at radius 2 is 2.04 bits per heavy atom. The number of likely N-dealkylation sites (tertiary alicyclic amines) is 1. The summed E-state index contributed by atoms with van der Waals surface area (Å²) in [5, 5.41) is 8.77. The Morgan fingerprint density at radius 1 is 1.30 bits per heavy atom. The predicted molar refractivity (Wildman–Crippen MR) is 74.8 cm³/mol. The number of carboxylic acids is 1. The fourth-order valence-corrected chi connectivity index (χ4v) is 2.71. The number of aromatic nitrogens is 1. The number of carbonyl (C=O) groups excluding carboxylic acids is 1. The van der Waals surface area contributed by atoms with E-state index in [0.29, 0.717) is 19.4 Å². The van der Waals surface area contributed by atoms with Crippen LogP contribution in [-0.4, -0.2) is 39.5 Å². The summed E-state index contributed by atoms with van der Waals surface area (Å²) >= 11 is 0. The summed E-state index contributed by atoms with van der Waals surface area (Å²) in [5.74, 6) is -1.33. The number of hydrogen-bond donors (Lipinski definition) is 1. The van der Waals surface area contributed by atoms with E-state index in [1.807, 2.05) is 0 Å². The summed E-state index contributed by atoms with van der Waals surface area (Å²) < 4.78 is 37.5. The zero-order chi connectivity index (χ0) is 17.0. The van der Waals surface area contributed by atoms with Gasteiger partial charge in [-0.2, -0.15) is 13.2 Å². The normalized spacial score (nSPS) is 18.7. The minimum absolute atomic E-state index is 0.0420. The van der Waals surface area contributed by atoms with Crippen LogP contribution in [0.15, 0.2) is 18.3 Å². The molecule has 1 aromatic rings. The van der Waals surface area contributed by atoms with Gasteiger partial charge >= 0.3 is 12.1 Å². The molecule has 1 aliphatic heterocycles. The monoisotopic (exact) mass is 330 g/mol. The van der Waals surface area contributed by atoms with Crippen LogP contribution in [0, 0.1) is 0 Å². The number of amides is 1. The number of carbonyl (C=O) groups is 2. The third-order valence-electron chi connectivity index (χ3n) is 3.88. The van der Waals surface area contributed by atoms with E-state index in [2.05, 4.69) is 4.98 Å². The van der Waals surface area contributed by atoms with Crippen molar-refractivity contribution in [2.24, 2.45) is 0 Å². The van der Waals surface area contributed by atoms with Crippen molar-refractivity contribution in [1.29, 1.82) is 0 Å². The van der Waals surface area contributed by atoms with Crippen LogP contribution >= 0.6 is 0 Å². The smallest absolute Gasteiger partial charge is 0.433 e. The zero-order valence-electron chi connectivity index (χ0n) is 12.3.